The molecule has 100 valence electrons. The quantitative estimate of drug-likeness (QED) is 0.746. The Labute approximate surface area is 107 Å². The Balaban J connectivity index is 2.54. The molecule has 0 saturated heterocycles. The Morgan fingerprint density at radius 3 is 2.83 bits per heavy atom. The fourth-order valence-corrected chi connectivity index (χ4v) is 1.36. The normalized spacial score (nSPS) is 10.4. The van der Waals surface area contributed by atoms with Crippen molar-refractivity contribution < 1.29 is 9.53 Å². The number of hydrogen-bond acceptors (Lipinski definition) is 6. The van der Waals surface area contributed by atoms with E-state index in [1.165, 1.54) is 0 Å². The van der Waals surface area contributed by atoms with Crippen LogP contribution in [0.25, 0.3) is 0 Å². The summed E-state index contributed by atoms with van der Waals surface area (Å²) in [6.45, 7) is 6.64. The fraction of sp³-hybridized carbons (Fsp3) is 0.583. The van der Waals surface area contributed by atoms with E-state index < -0.39 is 0 Å². The summed E-state index contributed by atoms with van der Waals surface area (Å²) in [5.41, 5.74) is 5.69. The molecule has 0 bridgehead atoms. The van der Waals surface area contributed by atoms with Gasteiger partial charge in [0.2, 0.25) is 0 Å². The number of rotatable bonds is 6. The van der Waals surface area contributed by atoms with Gasteiger partial charge in [-0.3, -0.25) is 4.79 Å². The maximum Gasteiger partial charge on any atom is 0.307 e. The van der Waals surface area contributed by atoms with E-state index in [9.17, 15) is 4.79 Å². The molecule has 1 aromatic heterocycles. The monoisotopic (exact) mass is 252 g/mol. The van der Waals surface area contributed by atoms with E-state index in [1.807, 2.05) is 13.8 Å². The zero-order valence-corrected chi connectivity index (χ0v) is 11.1. The average Bonchev–Trinajstić information content (AvgIpc) is 2.28. The summed E-state index contributed by atoms with van der Waals surface area (Å²) in [4.78, 5) is 19.6. The number of esters is 1. The number of nitrogens with zero attached hydrogens (tertiary/aromatic N) is 2. The number of nitrogen functional groups attached to an aromatic ring is 1. The van der Waals surface area contributed by atoms with Gasteiger partial charge in [0, 0.05) is 18.5 Å². The number of nitrogens with one attached hydrogen (secondary N) is 1. The molecule has 1 aromatic rings. The lowest BCUT2D eigenvalue weighted by Crippen LogP contribution is -2.13. The molecular weight excluding hydrogens is 232 g/mol. The van der Waals surface area contributed by atoms with Crippen LogP contribution in [0.3, 0.4) is 0 Å². The molecule has 0 fully saturated rings. The minimum atomic E-state index is -0.226. The highest BCUT2D eigenvalue weighted by atomic mass is 16.5. The average molecular weight is 252 g/mol. The van der Waals surface area contributed by atoms with Gasteiger partial charge in [-0.1, -0.05) is 13.8 Å². The van der Waals surface area contributed by atoms with Crippen molar-refractivity contribution in [2.24, 2.45) is 0 Å². The van der Waals surface area contributed by atoms with Gasteiger partial charge < -0.3 is 15.8 Å². The van der Waals surface area contributed by atoms with Crippen molar-refractivity contribution in [1.29, 1.82) is 0 Å². The van der Waals surface area contributed by atoms with E-state index in [1.54, 1.807) is 13.0 Å². The zero-order chi connectivity index (χ0) is 13.5. The van der Waals surface area contributed by atoms with Crippen LogP contribution < -0.4 is 11.1 Å². The lowest BCUT2D eigenvalue weighted by molar-refractivity contribution is -0.142. The van der Waals surface area contributed by atoms with Gasteiger partial charge in [-0.25, -0.2) is 9.97 Å². The SMILES string of the molecule is CCOC(=O)CCNc1cc(N)nc(C(C)C)n1. The standard InChI is InChI=1S/C12H20N4O2/c1-4-18-11(17)5-6-14-10-7-9(13)15-12(16-10)8(2)3/h7-8H,4-6H2,1-3H3,(H3,13,14,15,16). The first-order valence-corrected chi connectivity index (χ1v) is 6.06. The molecule has 0 aromatic carbocycles. The van der Waals surface area contributed by atoms with E-state index in [0.29, 0.717) is 37.0 Å². The Hall–Kier alpha value is -1.85. The van der Waals surface area contributed by atoms with Crippen LogP contribution in [-0.4, -0.2) is 29.1 Å². The predicted octanol–water partition coefficient (Wildman–Crippen LogP) is 1.55. The molecule has 18 heavy (non-hydrogen) atoms. The highest BCUT2D eigenvalue weighted by Crippen LogP contribution is 2.14. The van der Waals surface area contributed by atoms with Gasteiger partial charge in [-0.05, 0) is 6.92 Å². The van der Waals surface area contributed by atoms with Crippen LogP contribution in [0.4, 0.5) is 11.6 Å². The van der Waals surface area contributed by atoms with Gasteiger partial charge >= 0.3 is 5.97 Å². The highest BCUT2D eigenvalue weighted by molar-refractivity contribution is 5.70. The van der Waals surface area contributed by atoms with Crippen LogP contribution in [0, 0.1) is 0 Å². The van der Waals surface area contributed by atoms with E-state index in [0.717, 1.165) is 0 Å². The van der Waals surface area contributed by atoms with E-state index >= 15 is 0 Å². The van der Waals surface area contributed by atoms with Crippen molar-refractivity contribution in [2.75, 3.05) is 24.2 Å². The van der Waals surface area contributed by atoms with Gasteiger partial charge in [-0.15, -0.1) is 0 Å². The van der Waals surface area contributed by atoms with Crippen LogP contribution in [0.1, 0.15) is 38.9 Å². The molecule has 0 aliphatic carbocycles. The van der Waals surface area contributed by atoms with Crippen LogP contribution in [-0.2, 0) is 9.53 Å². The van der Waals surface area contributed by atoms with E-state index in [-0.39, 0.29) is 11.9 Å². The molecule has 6 nitrogen and oxygen atoms in total. The summed E-state index contributed by atoms with van der Waals surface area (Å²) in [5, 5.41) is 3.04. The van der Waals surface area contributed by atoms with Crippen molar-refractivity contribution in [3.05, 3.63) is 11.9 Å². The third-order valence-electron chi connectivity index (χ3n) is 2.22. The molecule has 1 rings (SSSR count). The number of hydrogen-bond donors (Lipinski definition) is 2. The molecule has 1 heterocycles. The molecule has 6 heteroatoms. The highest BCUT2D eigenvalue weighted by Gasteiger charge is 2.07. The molecule has 0 amide bonds. The number of anilines is 2. The summed E-state index contributed by atoms with van der Waals surface area (Å²) >= 11 is 0. The van der Waals surface area contributed by atoms with Crippen molar-refractivity contribution in [3.63, 3.8) is 0 Å². The van der Waals surface area contributed by atoms with Crippen LogP contribution in [0.15, 0.2) is 6.07 Å². The minimum absolute atomic E-state index is 0.208. The van der Waals surface area contributed by atoms with E-state index in [4.69, 9.17) is 10.5 Å². The Morgan fingerprint density at radius 2 is 2.22 bits per heavy atom. The van der Waals surface area contributed by atoms with Crippen LogP contribution >= 0.6 is 0 Å². The maximum atomic E-state index is 11.2. The third-order valence-corrected chi connectivity index (χ3v) is 2.22. The minimum Gasteiger partial charge on any atom is -0.466 e. The molecule has 3 N–H and O–H groups in total. The van der Waals surface area contributed by atoms with Gasteiger partial charge in [0.05, 0.1) is 13.0 Å². The van der Waals surface area contributed by atoms with Gasteiger partial charge in [-0.2, -0.15) is 0 Å². The van der Waals surface area contributed by atoms with Gasteiger partial charge in [0.15, 0.2) is 0 Å². The first kappa shape index (κ1) is 14.2. The molecule has 0 atom stereocenters. The lowest BCUT2D eigenvalue weighted by atomic mass is 10.2. The number of ether oxygens (including phenoxy) is 1. The molecule has 0 spiro atoms. The third kappa shape index (κ3) is 4.57. The molecule has 0 radical (unpaired) electrons. The second-order valence-corrected chi connectivity index (χ2v) is 4.17. The second-order valence-electron chi connectivity index (χ2n) is 4.17. The first-order chi connectivity index (χ1) is 8.52. The summed E-state index contributed by atoms with van der Waals surface area (Å²) in [5.74, 6) is 1.73. The van der Waals surface area contributed by atoms with Gasteiger partial charge in [0.25, 0.3) is 0 Å². The topological polar surface area (TPSA) is 90.1 Å². The first-order valence-electron chi connectivity index (χ1n) is 6.06. The smallest absolute Gasteiger partial charge is 0.307 e. The largest absolute Gasteiger partial charge is 0.466 e. The molecule has 0 unspecified atom stereocenters. The van der Waals surface area contributed by atoms with Gasteiger partial charge in [0.1, 0.15) is 17.5 Å². The number of nitrogens with two attached hydrogens (primary N) is 1. The summed E-state index contributed by atoms with van der Waals surface area (Å²) in [6.07, 6.45) is 0.300. The number of carbonyl (C=O) groups is 1. The molecule has 0 aliphatic rings. The van der Waals surface area contributed by atoms with Crippen molar-refractivity contribution in [3.8, 4) is 0 Å². The fourth-order valence-electron chi connectivity index (χ4n) is 1.36. The molecular formula is C12H20N4O2. The lowest BCUT2D eigenvalue weighted by Gasteiger charge is -2.09. The summed E-state index contributed by atoms with van der Waals surface area (Å²) in [7, 11) is 0. The van der Waals surface area contributed by atoms with Crippen molar-refractivity contribution >= 4 is 17.6 Å². The Bertz CT molecular complexity index is 407. The van der Waals surface area contributed by atoms with Crippen LogP contribution in [0.5, 0.6) is 0 Å². The second kappa shape index (κ2) is 6.78. The summed E-state index contributed by atoms with van der Waals surface area (Å²) in [6, 6.07) is 1.65. The predicted molar refractivity (Wildman–Crippen MR) is 70.3 cm³/mol. The van der Waals surface area contributed by atoms with Crippen molar-refractivity contribution in [1.82, 2.24) is 9.97 Å². The Morgan fingerprint density at radius 1 is 1.50 bits per heavy atom. The van der Waals surface area contributed by atoms with Crippen LogP contribution in [0.2, 0.25) is 0 Å². The Kier molecular flexibility index (Phi) is 5.35. The number of carbonyl (C=O) groups excluding carboxylic acids is 1. The maximum absolute atomic E-state index is 11.2. The van der Waals surface area contributed by atoms with Crippen molar-refractivity contribution in [2.45, 2.75) is 33.1 Å². The molecule has 0 saturated carbocycles. The molecule has 0 aliphatic heterocycles. The zero-order valence-electron chi connectivity index (χ0n) is 11.1. The number of aromatic nitrogens is 2. The van der Waals surface area contributed by atoms with E-state index in [2.05, 4.69) is 15.3 Å². The summed E-state index contributed by atoms with van der Waals surface area (Å²) < 4.78 is 4.83.